The Morgan fingerprint density at radius 1 is 1.75 bits per heavy atom. The highest BCUT2D eigenvalue weighted by Gasteiger charge is 2.25. The maximum atomic E-state index is 8.40. The zero-order valence-electron chi connectivity index (χ0n) is 6.60. The number of imidazole rings is 1. The first-order chi connectivity index (χ1) is 5.92. The summed E-state index contributed by atoms with van der Waals surface area (Å²) in [6.07, 6.45) is 6.32. The van der Waals surface area contributed by atoms with Gasteiger partial charge in [-0.15, -0.1) is 0 Å². The molecular weight excluding hydrogens is 170 g/mol. The summed E-state index contributed by atoms with van der Waals surface area (Å²) in [5, 5.41) is 9.39. The minimum absolute atomic E-state index is 0.490. The lowest BCUT2D eigenvalue weighted by Crippen LogP contribution is -1.94. The average molecular weight is 179 g/mol. The van der Waals surface area contributed by atoms with E-state index in [-0.39, 0.29) is 0 Å². The molecule has 1 aromatic rings. The standard InChI is InChI=1S/C8H9N3S/c9-3-6-12-8-10-4-5-11(8)7-1-2-7/h4-5,7H,1-2,6H2. The molecule has 1 aromatic heterocycles. The maximum Gasteiger partial charge on any atom is 0.169 e. The molecule has 1 saturated carbocycles. The van der Waals surface area contributed by atoms with Gasteiger partial charge in [0, 0.05) is 18.4 Å². The molecule has 1 heterocycles. The minimum Gasteiger partial charge on any atom is -0.323 e. The van der Waals surface area contributed by atoms with E-state index in [9.17, 15) is 0 Å². The first-order valence-corrected chi connectivity index (χ1v) is 4.93. The summed E-state index contributed by atoms with van der Waals surface area (Å²) in [5.41, 5.74) is 0. The average Bonchev–Trinajstić information content (AvgIpc) is 2.83. The molecular formula is C8H9N3S. The summed E-state index contributed by atoms with van der Waals surface area (Å²) in [6, 6.07) is 2.76. The molecule has 0 aliphatic heterocycles. The van der Waals surface area contributed by atoms with E-state index in [1.54, 1.807) is 6.20 Å². The molecule has 0 radical (unpaired) electrons. The molecule has 1 aliphatic rings. The monoisotopic (exact) mass is 179 g/mol. The van der Waals surface area contributed by atoms with Gasteiger partial charge in [-0.05, 0) is 12.8 Å². The van der Waals surface area contributed by atoms with Crippen molar-refractivity contribution in [2.24, 2.45) is 0 Å². The van der Waals surface area contributed by atoms with Crippen molar-refractivity contribution in [2.75, 3.05) is 5.75 Å². The Hall–Kier alpha value is -0.950. The molecule has 1 aliphatic carbocycles. The Morgan fingerprint density at radius 3 is 3.25 bits per heavy atom. The van der Waals surface area contributed by atoms with Crippen molar-refractivity contribution in [3.63, 3.8) is 0 Å². The summed E-state index contributed by atoms with van der Waals surface area (Å²) in [6.45, 7) is 0. The fourth-order valence-corrected chi connectivity index (χ4v) is 1.83. The third-order valence-corrected chi connectivity index (χ3v) is 2.69. The van der Waals surface area contributed by atoms with Crippen molar-refractivity contribution in [1.29, 1.82) is 5.26 Å². The van der Waals surface area contributed by atoms with Crippen molar-refractivity contribution in [3.05, 3.63) is 12.4 Å². The van der Waals surface area contributed by atoms with Crippen molar-refractivity contribution in [3.8, 4) is 6.07 Å². The first kappa shape index (κ1) is 7.69. The quantitative estimate of drug-likeness (QED) is 0.665. The summed E-state index contributed by atoms with van der Waals surface area (Å²) in [7, 11) is 0. The van der Waals surface area contributed by atoms with E-state index in [0.717, 1.165) is 5.16 Å². The van der Waals surface area contributed by atoms with Crippen LogP contribution in [0.15, 0.2) is 17.6 Å². The summed E-state index contributed by atoms with van der Waals surface area (Å²) in [5.74, 6) is 0.490. The molecule has 0 unspecified atom stereocenters. The second kappa shape index (κ2) is 3.20. The van der Waals surface area contributed by atoms with Gasteiger partial charge in [0.2, 0.25) is 0 Å². The molecule has 0 N–H and O–H groups in total. The van der Waals surface area contributed by atoms with Gasteiger partial charge in [0.25, 0.3) is 0 Å². The lowest BCUT2D eigenvalue weighted by atomic mass is 10.7. The van der Waals surface area contributed by atoms with E-state index in [2.05, 4.69) is 15.6 Å². The van der Waals surface area contributed by atoms with Gasteiger partial charge < -0.3 is 4.57 Å². The van der Waals surface area contributed by atoms with E-state index in [1.807, 2.05) is 6.20 Å². The molecule has 0 bridgehead atoms. The minimum atomic E-state index is 0.490. The fourth-order valence-electron chi connectivity index (χ4n) is 1.14. The van der Waals surface area contributed by atoms with Crippen LogP contribution in [0.1, 0.15) is 18.9 Å². The van der Waals surface area contributed by atoms with Crippen LogP contribution >= 0.6 is 11.8 Å². The number of thioether (sulfide) groups is 1. The van der Waals surface area contributed by atoms with Crippen LogP contribution in [0, 0.1) is 11.3 Å². The number of nitrogens with zero attached hydrogens (tertiary/aromatic N) is 3. The molecule has 0 spiro atoms. The lowest BCUT2D eigenvalue weighted by molar-refractivity contribution is 0.663. The van der Waals surface area contributed by atoms with Gasteiger partial charge in [-0.3, -0.25) is 0 Å². The number of hydrogen-bond donors (Lipinski definition) is 0. The van der Waals surface area contributed by atoms with E-state index in [4.69, 9.17) is 5.26 Å². The molecule has 62 valence electrons. The number of nitriles is 1. The van der Waals surface area contributed by atoms with Gasteiger partial charge in [-0.25, -0.2) is 4.98 Å². The molecule has 4 heteroatoms. The molecule has 2 rings (SSSR count). The van der Waals surface area contributed by atoms with Crippen LogP contribution in [0.4, 0.5) is 0 Å². The largest absolute Gasteiger partial charge is 0.323 e. The number of hydrogen-bond acceptors (Lipinski definition) is 3. The highest BCUT2D eigenvalue weighted by Crippen LogP contribution is 2.37. The zero-order valence-corrected chi connectivity index (χ0v) is 7.42. The number of rotatable bonds is 3. The Labute approximate surface area is 75.4 Å². The van der Waals surface area contributed by atoms with Gasteiger partial charge >= 0.3 is 0 Å². The normalized spacial score (nSPS) is 15.9. The first-order valence-electron chi connectivity index (χ1n) is 3.94. The van der Waals surface area contributed by atoms with Crippen LogP contribution in [0.2, 0.25) is 0 Å². The van der Waals surface area contributed by atoms with Crippen LogP contribution in [0.5, 0.6) is 0 Å². The van der Waals surface area contributed by atoms with Crippen molar-refractivity contribution in [1.82, 2.24) is 9.55 Å². The van der Waals surface area contributed by atoms with Crippen molar-refractivity contribution >= 4 is 11.8 Å². The number of aromatic nitrogens is 2. The molecule has 12 heavy (non-hydrogen) atoms. The smallest absolute Gasteiger partial charge is 0.169 e. The van der Waals surface area contributed by atoms with Crippen LogP contribution in [-0.2, 0) is 0 Å². The van der Waals surface area contributed by atoms with Crippen molar-refractivity contribution < 1.29 is 0 Å². The van der Waals surface area contributed by atoms with Gasteiger partial charge in [0.15, 0.2) is 5.16 Å². The summed E-state index contributed by atoms with van der Waals surface area (Å²) in [4.78, 5) is 4.19. The fraction of sp³-hybridized carbons (Fsp3) is 0.500. The molecule has 1 fully saturated rings. The zero-order chi connectivity index (χ0) is 8.39. The van der Waals surface area contributed by atoms with Gasteiger partial charge in [0.05, 0.1) is 11.8 Å². The summed E-state index contributed by atoms with van der Waals surface area (Å²) < 4.78 is 2.17. The lowest BCUT2D eigenvalue weighted by Gasteiger charge is -2.01. The molecule has 3 nitrogen and oxygen atoms in total. The Balaban J connectivity index is 2.09. The molecule has 0 amide bonds. The Kier molecular flexibility index (Phi) is 2.05. The predicted octanol–water partition coefficient (Wildman–Crippen LogP) is 1.83. The van der Waals surface area contributed by atoms with Crippen LogP contribution in [-0.4, -0.2) is 15.3 Å². The topological polar surface area (TPSA) is 41.6 Å². The SMILES string of the molecule is N#CCSc1nccn1C1CC1. The summed E-state index contributed by atoms with van der Waals surface area (Å²) >= 11 is 1.51. The predicted molar refractivity (Wildman–Crippen MR) is 46.8 cm³/mol. The van der Waals surface area contributed by atoms with Crippen LogP contribution in [0.25, 0.3) is 0 Å². The maximum absolute atomic E-state index is 8.40. The molecule has 0 atom stereocenters. The van der Waals surface area contributed by atoms with E-state index < -0.39 is 0 Å². The van der Waals surface area contributed by atoms with Crippen molar-refractivity contribution in [2.45, 2.75) is 24.0 Å². The van der Waals surface area contributed by atoms with Gasteiger partial charge in [-0.2, -0.15) is 5.26 Å². The third kappa shape index (κ3) is 1.46. The second-order valence-electron chi connectivity index (χ2n) is 2.80. The van der Waals surface area contributed by atoms with Crippen LogP contribution < -0.4 is 0 Å². The Morgan fingerprint density at radius 2 is 2.58 bits per heavy atom. The second-order valence-corrected chi connectivity index (χ2v) is 3.74. The third-order valence-electron chi connectivity index (χ3n) is 1.84. The van der Waals surface area contributed by atoms with Gasteiger partial charge in [-0.1, -0.05) is 11.8 Å². The molecule has 0 aromatic carbocycles. The Bertz CT molecular complexity index is 308. The van der Waals surface area contributed by atoms with E-state index >= 15 is 0 Å². The highest BCUT2D eigenvalue weighted by molar-refractivity contribution is 7.99. The van der Waals surface area contributed by atoms with E-state index in [0.29, 0.717) is 11.8 Å². The van der Waals surface area contributed by atoms with E-state index in [1.165, 1.54) is 24.6 Å². The van der Waals surface area contributed by atoms with Crippen LogP contribution in [0.3, 0.4) is 0 Å². The highest BCUT2D eigenvalue weighted by atomic mass is 32.2. The van der Waals surface area contributed by atoms with Gasteiger partial charge in [0.1, 0.15) is 0 Å². The molecule has 0 saturated heterocycles.